The third-order valence-corrected chi connectivity index (χ3v) is 6.90. The summed E-state index contributed by atoms with van der Waals surface area (Å²) < 4.78 is 32.9. The van der Waals surface area contributed by atoms with Crippen molar-refractivity contribution in [2.45, 2.75) is 59.3 Å². The molecule has 0 aliphatic carbocycles. The molecule has 0 unspecified atom stereocenters. The average Bonchev–Trinajstić information content (AvgIpc) is 3.01. The van der Waals surface area contributed by atoms with Gasteiger partial charge in [0.05, 0.1) is 18.8 Å². The van der Waals surface area contributed by atoms with Gasteiger partial charge in [-0.25, -0.2) is 18.7 Å². The van der Waals surface area contributed by atoms with E-state index in [4.69, 9.17) is 10.5 Å². The van der Waals surface area contributed by atoms with Crippen molar-refractivity contribution in [2.24, 2.45) is 0 Å². The van der Waals surface area contributed by atoms with Crippen molar-refractivity contribution in [1.29, 1.82) is 0 Å². The van der Waals surface area contributed by atoms with E-state index in [0.29, 0.717) is 77.2 Å². The van der Waals surface area contributed by atoms with E-state index < -0.39 is 12.1 Å². The highest BCUT2D eigenvalue weighted by molar-refractivity contribution is 5.76. The lowest BCUT2D eigenvalue weighted by molar-refractivity contribution is -0.131. The Balaban J connectivity index is 0.000000892. The van der Waals surface area contributed by atoms with Crippen LogP contribution in [0.5, 0.6) is 0 Å². The molecule has 0 aromatic carbocycles. The minimum absolute atomic E-state index is 0.00856. The number of aromatic nitrogens is 5. The van der Waals surface area contributed by atoms with Crippen LogP contribution in [0.15, 0.2) is 17.8 Å². The number of nitrogens with two attached hydrogens (primary N) is 1. The van der Waals surface area contributed by atoms with Gasteiger partial charge in [-0.15, -0.1) is 0 Å². The summed E-state index contributed by atoms with van der Waals surface area (Å²) >= 11 is 0. The molecular weight excluding hydrogens is 548 g/mol. The third-order valence-electron chi connectivity index (χ3n) is 6.90. The van der Waals surface area contributed by atoms with E-state index in [-0.39, 0.29) is 23.2 Å². The minimum atomic E-state index is -2.89. The molecule has 4 heterocycles. The molecule has 2 N–H and O–H groups in total. The van der Waals surface area contributed by atoms with E-state index in [9.17, 15) is 18.4 Å². The van der Waals surface area contributed by atoms with E-state index in [1.54, 1.807) is 0 Å². The number of hydrogen-bond acceptors (Lipinski definition) is 11. The number of carbonyl (C=O) groups excluding carboxylic acids is 2. The van der Waals surface area contributed by atoms with Gasteiger partial charge < -0.3 is 30.0 Å². The number of unbranched alkanes of at least 4 members (excludes halogenated alkanes) is 3. The number of morpholine rings is 1. The van der Waals surface area contributed by atoms with Gasteiger partial charge >= 0.3 is 0 Å². The number of nitrogen functional groups attached to an aromatic ring is 1. The Morgan fingerprint density at radius 3 is 2.17 bits per heavy atom. The second-order valence-electron chi connectivity index (χ2n) is 10.2. The molecular formula is C28H41F2N9O3. The molecule has 14 heteroatoms. The number of rotatable bonds is 10. The van der Waals surface area contributed by atoms with Gasteiger partial charge in [0.25, 0.3) is 6.43 Å². The van der Waals surface area contributed by atoms with Crippen LogP contribution in [0.1, 0.15) is 65.0 Å². The number of amides is 1. The standard InChI is InChI=1S/C23H31F2N9O3.C5H10/c24-19(25)18-16(15-27-21(26)28-18)20-29-22(31-23(30-20)34-10-13-37-14-11-34)33-8-6-32(7-9-33)17(36)5-3-1-2-4-12-35;1-4-5(2)3/h12,15,19H,1-11,13-14H2,(H2,26,27,28);4H,1-3H3. The van der Waals surface area contributed by atoms with Crippen molar-refractivity contribution < 1.29 is 23.1 Å². The van der Waals surface area contributed by atoms with Gasteiger partial charge in [-0.3, -0.25) is 4.79 Å². The summed E-state index contributed by atoms with van der Waals surface area (Å²) in [6, 6.07) is 0. The van der Waals surface area contributed by atoms with Crippen molar-refractivity contribution in [2.75, 3.05) is 68.0 Å². The Bertz CT molecular complexity index is 1200. The molecule has 1 amide bonds. The lowest BCUT2D eigenvalue weighted by Gasteiger charge is -2.35. The van der Waals surface area contributed by atoms with E-state index in [0.717, 1.165) is 25.5 Å². The molecule has 230 valence electrons. The fraction of sp³-hybridized carbons (Fsp3) is 0.607. The maximum Gasteiger partial charge on any atom is 0.281 e. The number of anilines is 3. The van der Waals surface area contributed by atoms with Crippen molar-refractivity contribution in [3.8, 4) is 11.4 Å². The summed E-state index contributed by atoms with van der Waals surface area (Å²) in [4.78, 5) is 49.9. The Kier molecular flexibility index (Phi) is 12.9. The Morgan fingerprint density at radius 1 is 0.976 bits per heavy atom. The van der Waals surface area contributed by atoms with Crippen molar-refractivity contribution in [3.05, 3.63) is 23.5 Å². The molecule has 0 bridgehead atoms. The van der Waals surface area contributed by atoms with Crippen LogP contribution < -0.4 is 15.5 Å². The van der Waals surface area contributed by atoms with Crippen LogP contribution in [0, 0.1) is 0 Å². The first-order valence-corrected chi connectivity index (χ1v) is 14.3. The second-order valence-corrected chi connectivity index (χ2v) is 10.2. The Labute approximate surface area is 245 Å². The molecule has 12 nitrogen and oxygen atoms in total. The van der Waals surface area contributed by atoms with Gasteiger partial charge in [0.2, 0.25) is 23.8 Å². The number of alkyl halides is 2. The summed E-state index contributed by atoms with van der Waals surface area (Å²) in [6.45, 7) is 10.3. The molecule has 4 rings (SSSR count). The molecule has 2 fully saturated rings. The van der Waals surface area contributed by atoms with Crippen molar-refractivity contribution in [1.82, 2.24) is 29.8 Å². The summed E-state index contributed by atoms with van der Waals surface area (Å²) in [5.41, 5.74) is 6.37. The highest BCUT2D eigenvalue weighted by Gasteiger charge is 2.27. The number of ether oxygens (including phenoxy) is 1. The van der Waals surface area contributed by atoms with Gasteiger partial charge in [-0.2, -0.15) is 15.0 Å². The normalized spacial score (nSPS) is 15.2. The molecule has 2 aliphatic rings. The maximum absolute atomic E-state index is 13.8. The monoisotopic (exact) mass is 589 g/mol. The van der Waals surface area contributed by atoms with Gasteiger partial charge in [-0.1, -0.05) is 18.1 Å². The van der Waals surface area contributed by atoms with Crippen LogP contribution in [0.4, 0.5) is 26.6 Å². The largest absolute Gasteiger partial charge is 0.378 e. The molecule has 0 atom stereocenters. The van der Waals surface area contributed by atoms with E-state index in [2.05, 4.69) is 44.8 Å². The maximum atomic E-state index is 13.8. The van der Waals surface area contributed by atoms with Crippen molar-refractivity contribution >= 4 is 30.0 Å². The summed E-state index contributed by atoms with van der Waals surface area (Å²) in [5, 5.41) is 0. The van der Waals surface area contributed by atoms with Crippen molar-refractivity contribution in [3.63, 3.8) is 0 Å². The highest BCUT2D eigenvalue weighted by atomic mass is 19.3. The molecule has 2 saturated heterocycles. The Hall–Kier alpha value is -3.81. The zero-order valence-corrected chi connectivity index (χ0v) is 24.6. The highest BCUT2D eigenvalue weighted by Crippen LogP contribution is 2.30. The molecule has 2 aliphatic heterocycles. The fourth-order valence-corrected chi connectivity index (χ4v) is 4.26. The summed E-state index contributed by atoms with van der Waals surface area (Å²) in [6.07, 6.45) is 4.66. The molecule has 0 saturated carbocycles. The SMILES string of the molecule is CC=C(C)C.Nc1ncc(-c2nc(N3CCOCC3)nc(N3CCN(C(=O)CCCCCC=O)CC3)n2)c(C(F)F)n1. The first kappa shape index (κ1) is 32.7. The quantitative estimate of drug-likeness (QED) is 0.247. The van der Waals surface area contributed by atoms with E-state index in [1.165, 1.54) is 11.8 Å². The summed E-state index contributed by atoms with van der Waals surface area (Å²) in [7, 11) is 0. The third kappa shape index (κ3) is 9.64. The van der Waals surface area contributed by atoms with Gasteiger partial charge in [0.15, 0.2) is 5.82 Å². The zero-order chi connectivity index (χ0) is 30.5. The number of piperazine rings is 1. The molecule has 42 heavy (non-hydrogen) atoms. The molecule has 0 radical (unpaired) electrons. The first-order valence-electron chi connectivity index (χ1n) is 14.3. The first-order chi connectivity index (χ1) is 20.2. The van der Waals surface area contributed by atoms with Crippen LogP contribution in [0.2, 0.25) is 0 Å². The molecule has 0 spiro atoms. The average molecular weight is 590 g/mol. The topological polar surface area (TPSA) is 144 Å². The van der Waals surface area contributed by atoms with Gasteiger partial charge in [0.1, 0.15) is 12.0 Å². The van der Waals surface area contributed by atoms with E-state index >= 15 is 0 Å². The number of allylic oxidation sites excluding steroid dienone is 2. The van der Waals surface area contributed by atoms with Crippen LogP contribution in [0.25, 0.3) is 11.4 Å². The lowest BCUT2D eigenvalue weighted by atomic mass is 10.1. The van der Waals surface area contributed by atoms with Gasteiger partial charge in [0, 0.05) is 58.3 Å². The number of halogens is 2. The van der Waals surface area contributed by atoms with Crippen LogP contribution >= 0.6 is 0 Å². The molecule has 2 aromatic rings. The number of carbonyl (C=O) groups is 2. The number of nitrogens with zero attached hydrogens (tertiary/aromatic N) is 8. The zero-order valence-electron chi connectivity index (χ0n) is 24.6. The predicted molar refractivity (Wildman–Crippen MR) is 156 cm³/mol. The lowest BCUT2D eigenvalue weighted by Crippen LogP contribution is -2.49. The van der Waals surface area contributed by atoms with Crippen LogP contribution in [0.3, 0.4) is 0 Å². The number of hydrogen-bond donors (Lipinski definition) is 1. The minimum Gasteiger partial charge on any atom is -0.378 e. The predicted octanol–water partition coefficient (Wildman–Crippen LogP) is 3.46. The van der Waals surface area contributed by atoms with Crippen LogP contribution in [-0.4, -0.2) is 94.5 Å². The van der Waals surface area contributed by atoms with E-state index in [1.807, 2.05) is 21.6 Å². The smallest absolute Gasteiger partial charge is 0.281 e. The fourth-order valence-electron chi connectivity index (χ4n) is 4.26. The Morgan fingerprint density at radius 2 is 1.60 bits per heavy atom. The van der Waals surface area contributed by atoms with Crippen LogP contribution in [-0.2, 0) is 14.3 Å². The van der Waals surface area contributed by atoms with Gasteiger partial charge in [-0.05, 0) is 33.6 Å². The molecule has 2 aromatic heterocycles. The number of aldehydes is 1. The second kappa shape index (κ2) is 16.6. The summed E-state index contributed by atoms with van der Waals surface area (Å²) in [5.74, 6) is 0.553.